The Balaban J connectivity index is 2.10. The van der Waals surface area contributed by atoms with Crippen LogP contribution in [0.5, 0.6) is 0 Å². The summed E-state index contributed by atoms with van der Waals surface area (Å²) in [4.78, 5) is 0. The van der Waals surface area contributed by atoms with Gasteiger partial charge in [-0.2, -0.15) is 0 Å². The molecule has 1 nitrogen and oxygen atoms in total. The highest BCUT2D eigenvalue weighted by Gasteiger charge is 2.14. The SMILES string of the molecule is C/C(=C/c1ccccc1)C1CCCN1. The Morgan fingerprint density at radius 3 is 2.79 bits per heavy atom. The highest BCUT2D eigenvalue weighted by atomic mass is 14.9. The van der Waals surface area contributed by atoms with E-state index >= 15 is 0 Å². The van der Waals surface area contributed by atoms with Gasteiger partial charge in [-0.15, -0.1) is 0 Å². The third kappa shape index (κ3) is 2.24. The molecule has 0 radical (unpaired) electrons. The van der Waals surface area contributed by atoms with Gasteiger partial charge in [0.1, 0.15) is 0 Å². The lowest BCUT2D eigenvalue weighted by Gasteiger charge is -2.10. The summed E-state index contributed by atoms with van der Waals surface area (Å²) in [6.07, 6.45) is 4.88. The lowest BCUT2D eigenvalue weighted by molar-refractivity contribution is 0.693. The summed E-state index contributed by atoms with van der Waals surface area (Å²) in [5.74, 6) is 0. The summed E-state index contributed by atoms with van der Waals surface area (Å²) in [5.41, 5.74) is 2.76. The molecule has 2 rings (SSSR count). The van der Waals surface area contributed by atoms with Gasteiger partial charge in [0.15, 0.2) is 0 Å². The predicted molar refractivity (Wildman–Crippen MR) is 61.1 cm³/mol. The molecular formula is C13H17N. The van der Waals surface area contributed by atoms with Gasteiger partial charge in [-0.1, -0.05) is 42.0 Å². The first-order valence-electron chi connectivity index (χ1n) is 5.33. The minimum absolute atomic E-state index is 0.607. The number of benzene rings is 1. The first kappa shape index (κ1) is 9.47. The van der Waals surface area contributed by atoms with Crippen LogP contribution in [0.25, 0.3) is 6.08 Å². The average molecular weight is 187 g/mol. The lowest BCUT2D eigenvalue weighted by Crippen LogP contribution is -2.22. The van der Waals surface area contributed by atoms with E-state index in [-0.39, 0.29) is 0 Å². The van der Waals surface area contributed by atoms with Gasteiger partial charge in [0.2, 0.25) is 0 Å². The molecule has 1 aromatic rings. The van der Waals surface area contributed by atoms with Crippen molar-refractivity contribution in [3.05, 3.63) is 41.5 Å². The normalized spacial score (nSPS) is 22.6. The molecule has 74 valence electrons. The van der Waals surface area contributed by atoms with Crippen molar-refractivity contribution in [2.24, 2.45) is 0 Å². The quantitative estimate of drug-likeness (QED) is 0.750. The summed E-state index contributed by atoms with van der Waals surface area (Å²) >= 11 is 0. The number of rotatable bonds is 2. The Kier molecular flexibility index (Phi) is 3.00. The molecule has 0 aromatic heterocycles. The van der Waals surface area contributed by atoms with Gasteiger partial charge in [0.25, 0.3) is 0 Å². The van der Waals surface area contributed by atoms with Gasteiger partial charge >= 0.3 is 0 Å². The van der Waals surface area contributed by atoms with E-state index in [0.29, 0.717) is 6.04 Å². The topological polar surface area (TPSA) is 12.0 Å². The Labute approximate surface area is 85.8 Å². The third-order valence-electron chi connectivity index (χ3n) is 2.80. The second kappa shape index (κ2) is 4.43. The van der Waals surface area contributed by atoms with Crippen molar-refractivity contribution < 1.29 is 0 Å². The summed E-state index contributed by atoms with van der Waals surface area (Å²) < 4.78 is 0. The van der Waals surface area contributed by atoms with Crippen molar-refractivity contribution in [1.82, 2.24) is 5.32 Å². The fraction of sp³-hybridized carbons (Fsp3) is 0.385. The molecule has 0 aliphatic carbocycles. The van der Waals surface area contributed by atoms with Crippen molar-refractivity contribution in [2.75, 3.05) is 6.54 Å². The van der Waals surface area contributed by atoms with E-state index in [1.165, 1.54) is 30.5 Å². The molecule has 0 bridgehead atoms. The molecule has 0 saturated carbocycles. The number of nitrogens with one attached hydrogen (secondary N) is 1. The third-order valence-corrected chi connectivity index (χ3v) is 2.80. The predicted octanol–water partition coefficient (Wildman–Crippen LogP) is 2.84. The Morgan fingerprint density at radius 1 is 1.36 bits per heavy atom. The van der Waals surface area contributed by atoms with E-state index in [1.807, 2.05) is 0 Å². The number of hydrogen-bond donors (Lipinski definition) is 1. The molecular weight excluding hydrogens is 170 g/mol. The van der Waals surface area contributed by atoms with Gasteiger partial charge in [-0.05, 0) is 31.9 Å². The minimum atomic E-state index is 0.607. The summed E-state index contributed by atoms with van der Waals surface area (Å²) in [5, 5.41) is 3.51. The molecule has 1 heterocycles. The highest BCUT2D eigenvalue weighted by molar-refractivity contribution is 5.53. The maximum absolute atomic E-state index is 3.51. The Morgan fingerprint density at radius 2 is 2.14 bits per heavy atom. The monoisotopic (exact) mass is 187 g/mol. The van der Waals surface area contributed by atoms with Crippen LogP contribution in [-0.2, 0) is 0 Å². The lowest BCUT2D eigenvalue weighted by atomic mass is 10.0. The van der Waals surface area contributed by atoms with Gasteiger partial charge in [0, 0.05) is 6.04 Å². The van der Waals surface area contributed by atoms with Crippen molar-refractivity contribution in [3.8, 4) is 0 Å². The largest absolute Gasteiger partial charge is 0.310 e. The van der Waals surface area contributed by atoms with Crippen LogP contribution in [0.1, 0.15) is 25.3 Å². The maximum Gasteiger partial charge on any atom is 0.0280 e. The van der Waals surface area contributed by atoms with Crippen LogP contribution in [0.15, 0.2) is 35.9 Å². The molecule has 1 aromatic carbocycles. The van der Waals surface area contributed by atoms with E-state index in [4.69, 9.17) is 0 Å². The van der Waals surface area contributed by atoms with Crippen LogP contribution >= 0.6 is 0 Å². The van der Waals surface area contributed by atoms with E-state index in [1.54, 1.807) is 0 Å². The molecule has 1 N–H and O–H groups in total. The van der Waals surface area contributed by atoms with Crippen LogP contribution < -0.4 is 5.32 Å². The van der Waals surface area contributed by atoms with Crippen molar-refractivity contribution in [1.29, 1.82) is 0 Å². The van der Waals surface area contributed by atoms with E-state index in [2.05, 4.69) is 48.6 Å². The standard InChI is InChI=1S/C13H17N/c1-11(13-8-5-9-14-13)10-12-6-3-2-4-7-12/h2-4,6-7,10,13-14H,5,8-9H2,1H3/b11-10-. The van der Waals surface area contributed by atoms with Crippen LogP contribution in [0.3, 0.4) is 0 Å². The fourth-order valence-electron chi connectivity index (χ4n) is 1.99. The zero-order valence-electron chi connectivity index (χ0n) is 8.66. The average Bonchev–Trinajstić information content (AvgIpc) is 2.72. The Hall–Kier alpha value is -1.08. The van der Waals surface area contributed by atoms with Gasteiger partial charge < -0.3 is 5.32 Å². The minimum Gasteiger partial charge on any atom is -0.310 e. The molecule has 1 atom stereocenters. The molecule has 0 spiro atoms. The molecule has 0 amide bonds. The molecule has 1 fully saturated rings. The first-order chi connectivity index (χ1) is 6.86. The first-order valence-corrected chi connectivity index (χ1v) is 5.33. The molecule has 1 heteroatoms. The Bertz CT molecular complexity index is 307. The molecule has 1 saturated heterocycles. The van der Waals surface area contributed by atoms with Crippen LogP contribution in [0.2, 0.25) is 0 Å². The zero-order chi connectivity index (χ0) is 9.80. The van der Waals surface area contributed by atoms with Crippen LogP contribution in [0, 0.1) is 0 Å². The van der Waals surface area contributed by atoms with Gasteiger partial charge in [-0.3, -0.25) is 0 Å². The van der Waals surface area contributed by atoms with Crippen LogP contribution in [-0.4, -0.2) is 12.6 Å². The zero-order valence-corrected chi connectivity index (χ0v) is 8.66. The van der Waals surface area contributed by atoms with Crippen molar-refractivity contribution in [2.45, 2.75) is 25.8 Å². The fourth-order valence-corrected chi connectivity index (χ4v) is 1.99. The smallest absolute Gasteiger partial charge is 0.0280 e. The van der Waals surface area contributed by atoms with E-state index < -0.39 is 0 Å². The second-order valence-corrected chi connectivity index (χ2v) is 3.95. The molecule has 1 unspecified atom stereocenters. The number of hydrogen-bond acceptors (Lipinski definition) is 1. The van der Waals surface area contributed by atoms with E-state index in [0.717, 1.165) is 0 Å². The maximum atomic E-state index is 3.51. The van der Waals surface area contributed by atoms with E-state index in [9.17, 15) is 0 Å². The second-order valence-electron chi connectivity index (χ2n) is 3.95. The highest BCUT2D eigenvalue weighted by Crippen LogP contribution is 2.16. The summed E-state index contributed by atoms with van der Waals surface area (Å²) in [6, 6.07) is 11.1. The molecule has 1 aliphatic heterocycles. The molecule has 1 aliphatic rings. The summed E-state index contributed by atoms with van der Waals surface area (Å²) in [7, 11) is 0. The van der Waals surface area contributed by atoms with Crippen molar-refractivity contribution >= 4 is 6.08 Å². The summed E-state index contributed by atoms with van der Waals surface area (Å²) in [6.45, 7) is 3.39. The molecule has 14 heavy (non-hydrogen) atoms. The van der Waals surface area contributed by atoms with Gasteiger partial charge in [-0.25, -0.2) is 0 Å². The van der Waals surface area contributed by atoms with Gasteiger partial charge in [0.05, 0.1) is 0 Å². The van der Waals surface area contributed by atoms with Crippen molar-refractivity contribution in [3.63, 3.8) is 0 Å². The van der Waals surface area contributed by atoms with Crippen LogP contribution in [0.4, 0.5) is 0 Å².